The summed E-state index contributed by atoms with van der Waals surface area (Å²) in [6, 6.07) is 11.8. The lowest BCUT2D eigenvalue weighted by atomic mass is 10.2. The molecule has 0 aromatic heterocycles. The first-order valence-corrected chi connectivity index (χ1v) is 6.19. The Hall–Kier alpha value is -2.73. The van der Waals surface area contributed by atoms with Crippen LogP contribution < -0.4 is 0 Å². The number of rotatable bonds is 4. The molecule has 0 saturated heterocycles. The van der Waals surface area contributed by atoms with Crippen LogP contribution in [0.4, 0.5) is 5.69 Å². The average Bonchev–Trinajstić information content (AvgIpc) is 2.49. The molecule has 0 bridgehead atoms. The van der Waals surface area contributed by atoms with Crippen LogP contribution in [0.25, 0.3) is 0 Å². The Labute approximate surface area is 124 Å². The summed E-state index contributed by atoms with van der Waals surface area (Å²) in [4.78, 5) is 26.3. The largest absolute Gasteiger partial charge is 0.365 e. The quantitative estimate of drug-likeness (QED) is 0.375. The van der Waals surface area contributed by atoms with E-state index in [1.165, 1.54) is 30.5 Å². The number of hydrogen-bond acceptors (Lipinski definition) is 5. The molecule has 0 N–H and O–H groups in total. The van der Waals surface area contributed by atoms with Crippen LogP contribution in [-0.2, 0) is 4.84 Å². The molecule has 0 fully saturated rings. The van der Waals surface area contributed by atoms with Crippen molar-refractivity contribution in [1.29, 1.82) is 0 Å². The normalized spacial score (nSPS) is 10.5. The number of nitro benzene ring substituents is 1. The van der Waals surface area contributed by atoms with Gasteiger partial charge in [-0.25, -0.2) is 4.79 Å². The van der Waals surface area contributed by atoms with Crippen LogP contribution in [0, 0.1) is 10.1 Å². The number of benzene rings is 2. The topological polar surface area (TPSA) is 81.8 Å². The van der Waals surface area contributed by atoms with Gasteiger partial charge in [0.05, 0.1) is 16.7 Å². The molecule has 2 aromatic carbocycles. The van der Waals surface area contributed by atoms with Crippen LogP contribution in [-0.4, -0.2) is 17.1 Å². The number of non-ortho nitro benzene ring substituents is 1. The third kappa shape index (κ3) is 4.12. The van der Waals surface area contributed by atoms with Crippen LogP contribution in [0.15, 0.2) is 53.7 Å². The van der Waals surface area contributed by atoms with Crippen molar-refractivity contribution in [2.75, 3.05) is 0 Å². The lowest BCUT2D eigenvalue weighted by molar-refractivity contribution is -0.384. The smallest absolute Gasteiger partial charge is 0.313 e. The highest BCUT2D eigenvalue weighted by Gasteiger charge is 2.10. The summed E-state index contributed by atoms with van der Waals surface area (Å²) in [5.74, 6) is -0.699. The van der Waals surface area contributed by atoms with Crippen molar-refractivity contribution in [1.82, 2.24) is 0 Å². The Morgan fingerprint density at radius 2 is 1.76 bits per heavy atom. The zero-order chi connectivity index (χ0) is 15.2. The van der Waals surface area contributed by atoms with Gasteiger partial charge >= 0.3 is 5.97 Å². The minimum absolute atomic E-state index is 0.101. The summed E-state index contributed by atoms with van der Waals surface area (Å²) >= 11 is 5.73. The van der Waals surface area contributed by atoms with Crippen molar-refractivity contribution >= 4 is 29.5 Å². The molecule has 2 aromatic rings. The molecule has 0 unspecified atom stereocenters. The molecule has 0 radical (unpaired) electrons. The van der Waals surface area contributed by atoms with E-state index in [9.17, 15) is 14.9 Å². The molecule has 0 saturated carbocycles. The standard InChI is InChI=1S/C14H9ClN2O4/c15-12-5-1-10(2-6-12)9-16-21-14(18)11-3-7-13(8-4-11)17(19)20/h1-9H/b16-9+. The molecule has 7 heteroatoms. The summed E-state index contributed by atoms with van der Waals surface area (Å²) in [6.45, 7) is 0. The number of halogens is 1. The summed E-state index contributed by atoms with van der Waals surface area (Å²) in [6.07, 6.45) is 1.36. The van der Waals surface area contributed by atoms with Gasteiger partial charge in [0.1, 0.15) is 0 Å². The Morgan fingerprint density at radius 3 is 2.33 bits per heavy atom. The number of nitrogens with zero attached hydrogens (tertiary/aromatic N) is 2. The van der Waals surface area contributed by atoms with Gasteiger partial charge in [0.2, 0.25) is 0 Å². The molecule has 106 valence electrons. The molecule has 6 nitrogen and oxygen atoms in total. The van der Waals surface area contributed by atoms with E-state index in [4.69, 9.17) is 16.4 Å². The second-order valence-corrected chi connectivity index (χ2v) is 4.41. The van der Waals surface area contributed by atoms with E-state index in [0.29, 0.717) is 5.02 Å². The zero-order valence-electron chi connectivity index (χ0n) is 10.6. The molecule has 0 aliphatic heterocycles. The minimum atomic E-state index is -0.699. The summed E-state index contributed by atoms with van der Waals surface area (Å²) in [5.41, 5.74) is 0.793. The Kier molecular flexibility index (Phi) is 4.63. The summed E-state index contributed by atoms with van der Waals surface area (Å²) < 4.78 is 0. The second kappa shape index (κ2) is 6.62. The number of carbonyl (C=O) groups excluding carboxylic acids is 1. The number of carbonyl (C=O) groups is 1. The number of oxime groups is 1. The van der Waals surface area contributed by atoms with Gasteiger partial charge in [-0.15, -0.1) is 0 Å². The fraction of sp³-hybridized carbons (Fsp3) is 0. The highest BCUT2D eigenvalue weighted by molar-refractivity contribution is 6.30. The first kappa shape index (κ1) is 14.7. The fourth-order valence-corrected chi connectivity index (χ4v) is 1.58. The Morgan fingerprint density at radius 1 is 1.14 bits per heavy atom. The summed E-state index contributed by atoms with van der Waals surface area (Å²) in [5, 5.41) is 14.6. The van der Waals surface area contributed by atoms with Gasteiger partial charge < -0.3 is 4.84 Å². The molecule has 0 aliphatic rings. The Bertz CT molecular complexity index is 681. The second-order valence-electron chi connectivity index (χ2n) is 3.97. The first-order chi connectivity index (χ1) is 10.1. The predicted octanol–water partition coefficient (Wildman–Crippen LogP) is 3.44. The molecule has 0 atom stereocenters. The van der Waals surface area contributed by atoms with Crippen LogP contribution in [0.2, 0.25) is 5.02 Å². The monoisotopic (exact) mass is 304 g/mol. The van der Waals surface area contributed by atoms with Crippen molar-refractivity contribution in [3.05, 3.63) is 74.8 Å². The lowest BCUT2D eigenvalue weighted by Gasteiger charge is -1.98. The molecular formula is C14H9ClN2O4. The number of nitro groups is 1. The molecular weight excluding hydrogens is 296 g/mol. The van der Waals surface area contributed by atoms with Crippen LogP contribution in [0.5, 0.6) is 0 Å². The lowest BCUT2D eigenvalue weighted by Crippen LogP contribution is -2.01. The molecule has 0 aliphatic carbocycles. The fourth-order valence-electron chi connectivity index (χ4n) is 1.46. The zero-order valence-corrected chi connectivity index (χ0v) is 11.4. The van der Waals surface area contributed by atoms with Gasteiger partial charge in [-0.2, -0.15) is 0 Å². The van der Waals surface area contributed by atoms with Gasteiger partial charge in [0.15, 0.2) is 0 Å². The third-order valence-electron chi connectivity index (χ3n) is 2.52. The van der Waals surface area contributed by atoms with Gasteiger partial charge in [-0.05, 0) is 29.8 Å². The van der Waals surface area contributed by atoms with E-state index in [1.54, 1.807) is 24.3 Å². The van der Waals surface area contributed by atoms with Crippen molar-refractivity contribution in [2.24, 2.45) is 5.16 Å². The Balaban J connectivity index is 1.98. The maximum atomic E-state index is 11.6. The molecule has 0 amide bonds. The van der Waals surface area contributed by atoms with Crippen LogP contribution in [0.1, 0.15) is 15.9 Å². The first-order valence-electron chi connectivity index (χ1n) is 5.81. The van der Waals surface area contributed by atoms with E-state index < -0.39 is 10.9 Å². The van der Waals surface area contributed by atoms with Crippen molar-refractivity contribution < 1.29 is 14.6 Å². The van der Waals surface area contributed by atoms with E-state index >= 15 is 0 Å². The maximum Gasteiger partial charge on any atom is 0.365 e. The van der Waals surface area contributed by atoms with E-state index in [0.717, 1.165) is 5.56 Å². The van der Waals surface area contributed by atoms with Gasteiger partial charge in [-0.3, -0.25) is 10.1 Å². The maximum absolute atomic E-state index is 11.6. The van der Waals surface area contributed by atoms with Crippen molar-refractivity contribution in [2.45, 2.75) is 0 Å². The van der Waals surface area contributed by atoms with E-state index in [2.05, 4.69) is 5.16 Å². The average molecular weight is 305 g/mol. The van der Waals surface area contributed by atoms with Crippen molar-refractivity contribution in [3.8, 4) is 0 Å². The SMILES string of the molecule is O=C(O/N=C/c1ccc(Cl)cc1)c1ccc([N+](=O)[O-])cc1. The molecule has 0 spiro atoms. The third-order valence-corrected chi connectivity index (χ3v) is 2.77. The van der Waals surface area contributed by atoms with E-state index in [-0.39, 0.29) is 11.3 Å². The minimum Gasteiger partial charge on any atom is -0.313 e. The molecule has 2 rings (SSSR count). The highest BCUT2D eigenvalue weighted by atomic mass is 35.5. The number of hydrogen-bond donors (Lipinski definition) is 0. The molecule has 21 heavy (non-hydrogen) atoms. The van der Waals surface area contributed by atoms with Crippen LogP contribution >= 0.6 is 11.6 Å². The van der Waals surface area contributed by atoms with Gasteiger partial charge in [0.25, 0.3) is 5.69 Å². The van der Waals surface area contributed by atoms with Gasteiger partial charge in [-0.1, -0.05) is 28.9 Å². The highest BCUT2D eigenvalue weighted by Crippen LogP contribution is 2.13. The van der Waals surface area contributed by atoms with Gasteiger partial charge in [0, 0.05) is 17.2 Å². The predicted molar refractivity (Wildman–Crippen MR) is 77.6 cm³/mol. The van der Waals surface area contributed by atoms with Crippen molar-refractivity contribution in [3.63, 3.8) is 0 Å². The molecule has 0 heterocycles. The van der Waals surface area contributed by atoms with E-state index in [1.807, 2.05) is 0 Å². The summed E-state index contributed by atoms with van der Waals surface area (Å²) in [7, 11) is 0. The van der Waals surface area contributed by atoms with Crippen LogP contribution in [0.3, 0.4) is 0 Å².